The van der Waals surface area contributed by atoms with E-state index in [1.54, 1.807) is 13.8 Å². The lowest BCUT2D eigenvalue weighted by molar-refractivity contribution is -0.137. The van der Waals surface area contributed by atoms with Gasteiger partial charge in [-0.3, -0.25) is 4.79 Å². The Labute approximate surface area is 140 Å². The number of halogens is 3. The number of nitrogens with one attached hydrogen (secondary N) is 2. The predicted octanol–water partition coefficient (Wildman–Crippen LogP) is 3.03. The maximum atomic E-state index is 12.6. The summed E-state index contributed by atoms with van der Waals surface area (Å²) in [7, 11) is 0. The van der Waals surface area contributed by atoms with Gasteiger partial charge in [0.05, 0.1) is 5.56 Å². The molecule has 0 aliphatic rings. The number of aromatic nitrogens is 5. The summed E-state index contributed by atoms with van der Waals surface area (Å²) in [6.07, 6.45) is -4.37. The Hall–Kier alpha value is -2.97. The van der Waals surface area contributed by atoms with Crippen LogP contribution in [0.3, 0.4) is 0 Å². The molecule has 3 aromatic rings. The van der Waals surface area contributed by atoms with Gasteiger partial charge in [0.2, 0.25) is 0 Å². The molecule has 0 radical (unpaired) electrons. The molecule has 0 saturated carbocycles. The summed E-state index contributed by atoms with van der Waals surface area (Å²) >= 11 is 0. The van der Waals surface area contributed by atoms with Crippen molar-refractivity contribution in [3.63, 3.8) is 0 Å². The van der Waals surface area contributed by atoms with Crippen molar-refractivity contribution >= 4 is 0 Å². The molecule has 0 fully saturated rings. The molecule has 130 valence electrons. The largest absolute Gasteiger partial charge is 0.416 e. The average molecular weight is 349 g/mol. The molecular weight excluding hydrogens is 335 g/mol. The Morgan fingerprint density at radius 1 is 1.08 bits per heavy atom. The van der Waals surface area contributed by atoms with Gasteiger partial charge in [0.1, 0.15) is 17.3 Å². The second kappa shape index (κ2) is 6.15. The highest BCUT2D eigenvalue weighted by molar-refractivity contribution is 5.48. The summed E-state index contributed by atoms with van der Waals surface area (Å²) in [5.41, 5.74) is -0.00787. The van der Waals surface area contributed by atoms with Crippen molar-refractivity contribution in [3.05, 3.63) is 63.5 Å². The summed E-state index contributed by atoms with van der Waals surface area (Å²) in [6, 6.07) is 6.17. The van der Waals surface area contributed by atoms with Crippen LogP contribution in [0.25, 0.3) is 11.5 Å². The van der Waals surface area contributed by atoms with Gasteiger partial charge in [-0.25, -0.2) is 4.98 Å². The summed E-state index contributed by atoms with van der Waals surface area (Å²) in [5, 5.41) is 7.99. The first-order valence-electron chi connectivity index (χ1n) is 7.42. The Kier molecular flexibility index (Phi) is 4.15. The lowest BCUT2D eigenvalue weighted by Gasteiger charge is -2.11. The van der Waals surface area contributed by atoms with E-state index in [0.717, 1.165) is 12.1 Å². The number of nitrogens with zero attached hydrogens (tertiary/aromatic N) is 3. The molecule has 1 atom stereocenters. The maximum Gasteiger partial charge on any atom is 0.416 e. The van der Waals surface area contributed by atoms with Gasteiger partial charge in [-0.2, -0.15) is 13.2 Å². The van der Waals surface area contributed by atoms with Crippen LogP contribution in [-0.2, 0) is 6.18 Å². The second-order valence-corrected chi connectivity index (χ2v) is 5.62. The molecule has 0 spiro atoms. The van der Waals surface area contributed by atoms with Crippen molar-refractivity contribution in [1.82, 2.24) is 25.1 Å². The van der Waals surface area contributed by atoms with Crippen molar-refractivity contribution in [1.29, 1.82) is 0 Å². The van der Waals surface area contributed by atoms with Crippen molar-refractivity contribution in [2.75, 3.05) is 0 Å². The average Bonchev–Trinajstić information content (AvgIpc) is 3.02. The van der Waals surface area contributed by atoms with Gasteiger partial charge in [0, 0.05) is 12.0 Å². The van der Waals surface area contributed by atoms with Crippen LogP contribution in [0, 0.1) is 6.92 Å². The molecule has 2 heterocycles. The quantitative estimate of drug-likeness (QED) is 0.761. The Balaban J connectivity index is 1.87. The molecule has 0 aliphatic carbocycles. The fourth-order valence-electron chi connectivity index (χ4n) is 2.40. The molecule has 0 saturated heterocycles. The monoisotopic (exact) mass is 349 g/mol. The molecule has 1 unspecified atom stereocenters. The third kappa shape index (κ3) is 3.59. The molecular formula is C16H14F3N5O. The predicted molar refractivity (Wildman–Crippen MR) is 83.9 cm³/mol. The number of alkyl halides is 3. The summed E-state index contributed by atoms with van der Waals surface area (Å²) < 4.78 is 37.9. The first kappa shape index (κ1) is 16.9. The van der Waals surface area contributed by atoms with E-state index in [1.807, 2.05) is 0 Å². The van der Waals surface area contributed by atoms with E-state index in [-0.39, 0.29) is 11.5 Å². The minimum atomic E-state index is -4.37. The highest BCUT2D eigenvalue weighted by Gasteiger charge is 2.30. The van der Waals surface area contributed by atoms with E-state index >= 15 is 0 Å². The van der Waals surface area contributed by atoms with E-state index in [2.05, 4.69) is 25.1 Å². The first-order chi connectivity index (χ1) is 11.7. The van der Waals surface area contributed by atoms with Gasteiger partial charge >= 0.3 is 6.18 Å². The molecule has 0 aliphatic heterocycles. The van der Waals surface area contributed by atoms with Crippen LogP contribution in [0.5, 0.6) is 0 Å². The van der Waals surface area contributed by atoms with Gasteiger partial charge in [0.15, 0.2) is 5.82 Å². The zero-order valence-corrected chi connectivity index (χ0v) is 13.3. The minimum Gasteiger partial charge on any atom is -0.323 e. The molecule has 2 aromatic heterocycles. The van der Waals surface area contributed by atoms with Crippen molar-refractivity contribution in [3.8, 4) is 11.5 Å². The topological polar surface area (TPSA) is 87.3 Å². The van der Waals surface area contributed by atoms with Gasteiger partial charge in [0.25, 0.3) is 5.56 Å². The van der Waals surface area contributed by atoms with Crippen molar-refractivity contribution < 1.29 is 13.2 Å². The van der Waals surface area contributed by atoms with Crippen molar-refractivity contribution in [2.45, 2.75) is 25.9 Å². The first-order valence-corrected chi connectivity index (χ1v) is 7.42. The van der Waals surface area contributed by atoms with E-state index < -0.39 is 11.7 Å². The van der Waals surface area contributed by atoms with E-state index in [9.17, 15) is 18.0 Å². The number of aryl methyl sites for hydroxylation is 1. The summed E-state index contributed by atoms with van der Waals surface area (Å²) in [6.45, 7) is 3.44. The van der Waals surface area contributed by atoms with E-state index in [4.69, 9.17) is 0 Å². The number of benzene rings is 1. The molecule has 1 aromatic carbocycles. The molecule has 3 rings (SSSR count). The zero-order valence-electron chi connectivity index (χ0n) is 13.3. The minimum absolute atomic E-state index is 0.299. The summed E-state index contributed by atoms with van der Waals surface area (Å²) in [4.78, 5) is 21.2. The third-order valence-electron chi connectivity index (χ3n) is 3.76. The van der Waals surface area contributed by atoms with E-state index in [0.29, 0.717) is 28.7 Å². The number of H-pyrrole nitrogens is 2. The zero-order chi connectivity index (χ0) is 18.2. The van der Waals surface area contributed by atoms with Crippen LogP contribution in [0.1, 0.15) is 35.6 Å². The van der Waals surface area contributed by atoms with Crippen LogP contribution in [0.15, 0.2) is 35.1 Å². The smallest absolute Gasteiger partial charge is 0.323 e. The number of hydrogen-bond acceptors (Lipinski definition) is 4. The Bertz CT molecular complexity index is 943. The van der Waals surface area contributed by atoms with Crippen LogP contribution in [0.4, 0.5) is 13.2 Å². The molecule has 9 heteroatoms. The van der Waals surface area contributed by atoms with Crippen LogP contribution in [0.2, 0.25) is 0 Å². The molecule has 25 heavy (non-hydrogen) atoms. The van der Waals surface area contributed by atoms with Gasteiger partial charge in [-0.15, -0.1) is 10.2 Å². The standard InChI is InChI=1S/C16H14F3N5O/c1-8(10-3-5-11(6-4-10)16(17,18)19)14-22-15(24-23-14)12-7-13(25)21-9(2)20-12/h3-8H,1-2H3,(H,20,21,25)(H,22,23,24). The SMILES string of the molecule is Cc1nc(-c2nnc(C(C)c3ccc(C(F)(F)F)cc3)[nH]2)cc(=O)[nH]1. The molecule has 2 N–H and O–H groups in total. The van der Waals surface area contributed by atoms with Crippen LogP contribution >= 0.6 is 0 Å². The Morgan fingerprint density at radius 2 is 1.76 bits per heavy atom. The number of rotatable bonds is 3. The molecule has 0 bridgehead atoms. The second-order valence-electron chi connectivity index (χ2n) is 5.62. The lowest BCUT2D eigenvalue weighted by Crippen LogP contribution is -2.09. The molecule has 0 amide bonds. The fourth-order valence-corrected chi connectivity index (χ4v) is 2.40. The lowest BCUT2D eigenvalue weighted by atomic mass is 9.99. The number of aromatic amines is 2. The van der Waals surface area contributed by atoms with Crippen LogP contribution in [-0.4, -0.2) is 25.1 Å². The highest BCUT2D eigenvalue weighted by Crippen LogP contribution is 2.31. The van der Waals surface area contributed by atoms with Crippen molar-refractivity contribution in [2.24, 2.45) is 0 Å². The molecule has 6 nitrogen and oxygen atoms in total. The Morgan fingerprint density at radius 3 is 2.36 bits per heavy atom. The maximum absolute atomic E-state index is 12.6. The van der Waals surface area contributed by atoms with Gasteiger partial charge in [-0.1, -0.05) is 19.1 Å². The van der Waals surface area contributed by atoms with Crippen LogP contribution < -0.4 is 5.56 Å². The highest BCUT2D eigenvalue weighted by atomic mass is 19.4. The normalized spacial score (nSPS) is 13.0. The third-order valence-corrected chi connectivity index (χ3v) is 3.76. The van der Waals surface area contributed by atoms with Gasteiger partial charge in [-0.05, 0) is 24.6 Å². The fraction of sp³-hybridized carbons (Fsp3) is 0.250. The van der Waals surface area contributed by atoms with E-state index in [1.165, 1.54) is 18.2 Å². The number of hydrogen-bond donors (Lipinski definition) is 2. The van der Waals surface area contributed by atoms with Gasteiger partial charge < -0.3 is 9.97 Å². The summed E-state index contributed by atoms with van der Waals surface area (Å²) in [5.74, 6) is 0.931.